The van der Waals surface area contributed by atoms with Crippen LogP contribution in [0, 0.1) is 17.1 Å². The van der Waals surface area contributed by atoms with Crippen LogP contribution in [0.5, 0.6) is 0 Å². The number of pyridine rings is 1. The van der Waals surface area contributed by atoms with Gasteiger partial charge in [-0.2, -0.15) is 10.4 Å². The summed E-state index contributed by atoms with van der Waals surface area (Å²) in [7, 11) is 1.85. The van der Waals surface area contributed by atoms with Gasteiger partial charge in [-0.3, -0.25) is 9.48 Å². The zero-order valence-electron chi connectivity index (χ0n) is 19.2. The standard InChI is InChI=1S/C26H24FN7O/c1-33-22-5-4-15(10-18(22)14-31-33)24-20(26(30)35)12-23(34-8-6-19(29)7-9-34)32-25(24)16-2-3-17(13-28)21(27)11-16/h2-5,10-12,14,19H,6-9,29H2,1H3,(H2,30,35). The highest BCUT2D eigenvalue weighted by Crippen LogP contribution is 2.38. The Morgan fingerprint density at radius 2 is 1.89 bits per heavy atom. The number of aryl methyl sites for hydroxylation is 1. The number of hydrogen-bond donors (Lipinski definition) is 2. The van der Waals surface area contributed by atoms with Gasteiger partial charge in [0.15, 0.2) is 0 Å². The Bertz CT molecular complexity index is 1500. The maximum Gasteiger partial charge on any atom is 0.249 e. The van der Waals surface area contributed by atoms with Crippen molar-refractivity contribution < 1.29 is 9.18 Å². The summed E-state index contributed by atoms with van der Waals surface area (Å²) in [5, 5.41) is 14.4. The van der Waals surface area contributed by atoms with E-state index in [0.717, 1.165) is 23.7 Å². The Morgan fingerprint density at radius 1 is 1.14 bits per heavy atom. The number of piperidine rings is 1. The van der Waals surface area contributed by atoms with Crippen LogP contribution in [0.15, 0.2) is 48.7 Å². The first kappa shape index (κ1) is 22.5. The number of primary amides is 1. The minimum absolute atomic E-state index is 0.0663. The lowest BCUT2D eigenvalue weighted by molar-refractivity contribution is 0.100. The summed E-state index contributed by atoms with van der Waals surface area (Å²) in [6, 6.07) is 13.7. The average molecular weight is 470 g/mol. The van der Waals surface area contributed by atoms with Crippen molar-refractivity contribution in [2.24, 2.45) is 18.5 Å². The summed E-state index contributed by atoms with van der Waals surface area (Å²) in [6.07, 6.45) is 3.34. The number of benzene rings is 2. The minimum atomic E-state index is -0.657. The molecular weight excluding hydrogens is 445 g/mol. The number of rotatable bonds is 4. The maximum atomic E-state index is 14.7. The number of nitrogens with two attached hydrogens (primary N) is 2. The number of hydrogen-bond acceptors (Lipinski definition) is 6. The summed E-state index contributed by atoms with van der Waals surface area (Å²) in [5.41, 5.74) is 15.2. The normalized spacial score (nSPS) is 14.3. The first-order valence-electron chi connectivity index (χ1n) is 11.3. The van der Waals surface area contributed by atoms with Gasteiger partial charge in [0.2, 0.25) is 5.91 Å². The quantitative estimate of drug-likeness (QED) is 0.472. The molecule has 5 rings (SSSR count). The van der Waals surface area contributed by atoms with E-state index < -0.39 is 11.7 Å². The fourth-order valence-electron chi connectivity index (χ4n) is 4.59. The third kappa shape index (κ3) is 4.09. The number of aromatic nitrogens is 3. The molecule has 1 fully saturated rings. The summed E-state index contributed by atoms with van der Waals surface area (Å²) in [6.45, 7) is 1.38. The van der Waals surface area contributed by atoms with E-state index in [1.807, 2.05) is 31.3 Å². The van der Waals surface area contributed by atoms with Crippen molar-refractivity contribution in [3.05, 3.63) is 65.6 Å². The monoisotopic (exact) mass is 469 g/mol. The zero-order valence-corrected chi connectivity index (χ0v) is 19.2. The van der Waals surface area contributed by atoms with Crippen LogP contribution in [0.4, 0.5) is 10.2 Å². The van der Waals surface area contributed by atoms with Crippen LogP contribution in [0.1, 0.15) is 28.8 Å². The van der Waals surface area contributed by atoms with Gasteiger partial charge in [-0.25, -0.2) is 9.37 Å². The largest absolute Gasteiger partial charge is 0.366 e. The second-order valence-corrected chi connectivity index (χ2v) is 8.79. The van der Waals surface area contributed by atoms with E-state index in [9.17, 15) is 14.4 Å². The Kier molecular flexibility index (Phi) is 5.67. The molecule has 2 aromatic heterocycles. The van der Waals surface area contributed by atoms with Gasteiger partial charge < -0.3 is 16.4 Å². The molecule has 0 aliphatic carbocycles. The van der Waals surface area contributed by atoms with Crippen LogP contribution in [0.25, 0.3) is 33.3 Å². The topological polar surface area (TPSA) is 127 Å². The maximum absolute atomic E-state index is 14.7. The average Bonchev–Trinajstić information content (AvgIpc) is 3.23. The molecule has 0 saturated carbocycles. The molecular formula is C26H24FN7O. The van der Waals surface area contributed by atoms with Crippen LogP contribution in [-0.4, -0.2) is 39.8 Å². The van der Waals surface area contributed by atoms with Crippen molar-refractivity contribution in [1.29, 1.82) is 5.26 Å². The van der Waals surface area contributed by atoms with E-state index in [2.05, 4.69) is 10.00 Å². The second kappa shape index (κ2) is 8.81. The Morgan fingerprint density at radius 3 is 2.57 bits per heavy atom. The van der Waals surface area contributed by atoms with Crippen molar-refractivity contribution >= 4 is 22.6 Å². The first-order valence-corrected chi connectivity index (χ1v) is 11.3. The molecule has 9 heteroatoms. The lowest BCUT2D eigenvalue weighted by atomic mass is 9.92. The van der Waals surface area contributed by atoms with Crippen LogP contribution < -0.4 is 16.4 Å². The predicted octanol–water partition coefficient (Wildman–Crippen LogP) is 3.34. The van der Waals surface area contributed by atoms with Gasteiger partial charge in [0.1, 0.15) is 17.7 Å². The van der Waals surface area contributed by atoms with Crippen molar-refractivity contribution in [3.63, 3.8) is 0 Å². The van der Waals surface area contributed by atoms with E-state index >= 15 is 0 Å². The second-order valence-electron chi connectivity index (χ2n) is 8.79. The smallest absolute Gasteiger partial charge is 0.249 e. The van der Waals surface area contributed by atoms with Crippen LogP contribution in [-0.2, 0) is 7.05 Å². The lowest BCUT2D eigenvalue weighted by Crippen LogP contribution is -2.40. The molecule has 176 valence electrons. The van der Waals surface area contributed by atoms with E-state index in [1.165, 1.54) is 12.1 Å². The van der Waals surface area contributed by atoms with Crippen LogP contribution in [0.2, 0.25) is 0 Å². The fourth-order valence-corrected chi connectivity index (χ4v) is 4.59. The predicted molar refractivity (Wildman–Crippen MR) is 132 cm³/mol. The van der Waals surface area contributed by atoms with Gasteiger partial charge in [-0.05, 0) is 48.7 Å². The molecule has 35 heavy (non-hydrogen) atoms. The Hall–Kier alpha value is -4.29. The number of carbonyl (C=O) groups is 1. The van der Waals surface area contributed by atoms with Crippen molar-refractivity contribution in [1.82, 2.24) is 14.8 Å². The lowest BCUT2D eigenvalue weighted by Gasteiger charge is -2.32. The highest BCUT2D eigenvalue weighted by Gasteiger charge is 2.24. The number of fused-ring (bicyclic) bond motifs is 1. The summed E-state index contributed by atoms with van der Waals surface area (Å²) < 4.78 is 16.4. The Balaban J connectivity index is 1.77. The highest BCUT2D eigenvalue weighted by atomic mass is 19.1. The molecule has 1 aliphatic rings. The number of anilines is 1. The SMILES string of the molecule is Cn1ncc2cc(-c3c(C(N)=O)cc(N4CCC(N)CC4)nc3-c3ccc(C#N)c(F)c3)ccc21. The molecule has 0 spiro atoms. The van der Waals surface area contributed by atoms with Gasteiger partial charge in [0.05, 0.1) is 28.5 Å². The molecule has 0 unspecified atom stereocenters. The molecule has 4 N–H and O–H groups in total. The van der Waals surface area contributed by atoms with Gasteiger partial charge in [-0.1, -0.05) is 12.1 Å². The number of carbonyl (C=O) groups excluding carboxylic acids is 1. The molecule has 1 aliphatic heterocycles. The molecule has 8 nitrogen and oxygen atoms in total. The van der Waals surface area contributed by atoms with E-state index in [1.54, 1.807) is 23.0 Å². The fraction of sp³-hybridized carbons (Fsp3) is 0.231. The summed E-state index contributed by atoms with van der Waals surface area (Å²) >= 11 is 0. The highest BCUT2D eigenvalue weighted by molar-refractivity contribution is 6.05. The minimum Gasteiger partial charge on any atom is -0.366 e. The Labute approximate surface area is 201 Å². The van der Waals surface area contributed by atoms with E-state index in [4.69, 9.17) is 16.5 Å². The van der Waals surface area contributed by atoms with Gasteiger partial charge in [-0.15, -0.1) is 0 Å². The van der Waals surface area contributed by atoms with E-state index in [-0.39, 0.29) is 17.2 Å². The number of nitrogens with zero attached hydrogens (tertiary/aromatic N) is 5. The molecule has 2 aromatic carbocycles. The van der Waals surface area contributed by atoms with Gasteiger partial charge in [0.25, 0.3) is 0 Å². The summed E-state index contributed by atoms with van der Waals surface area (Å²) in [4.78, 5) is 19.7. The van der Waals surface area contributed by atoms with Gasteiger partial charge in [0, 0.05) is 42.7 Å². The molecule has 3 heterocycles. The third-order valence-corrected chi connectivity index (χ3v) is 6.53. The number of amides is 1. The number of halogens is 1. The number of nitriles is 1. The summed E-state index contributed by atoms with van der Waals surface area (Å²) in [5.74, 6) is -0.689. The van der Waals surface area contributed by atoms with E-state index in [0.29, 0.717) is 41.3 Å². The molecule has 1 amide bonds. The van der Waals surface area contributed by atoms with Crippen LogP contribution in [0.3, 0.4) is 0 Å². The molecule has 0 bridgehead atoms. The third-order valence-electron chi connectivity index (χ3n) is 6.53. The van der Waals surface area contributed by atoms with Crippen molar-refractivity contribution in [2.75, 3.05) is 18.0 Å². The molecule has 0 radical (unpaired) electrons. The first-order chi connectivity index (χ1) is 16.9. The van der Waals surface area contributed by atoms with Crippen molar-refractivity contribution in [2.45, 2.75) is 18.9 Å². The van der Waals surface area contributed by atoms with Gasteiger partial charge >= 0.3 is 0 Å². The van der Waals surface area contributed by atoms with Crippen molar-refractivity contribution in [3.8, 4) is 28.5 Å². The molecule has 0 atom stereocenters. The zero-order chi connectivity index (χ0) is 24.7. The molecule has 4 aromatic rings. The molecule has 1 saturated heterocycles. The van der Waals surface area contributed by atoms with Crippen LogP contribution >= 0.6 is 0 Å².